The third kappa shape index (κ3) is 22.1. The van der Waals surface area contributed by atoms with Crippen molar-refractivity contribution in [3.63, 3.8) is 0 Å². The van der Waals surface area contributed by atoms with Gasteiger partial charge >= 0.3 is 0 Å². The van der Waals surface area contributed by atoms with Crippen LogP contribution >= 0.6 is 0 Å². The van der Waals surface area contributed by atoms with Crippen LogP contribution in [0.25, 0.3) is 0 Å². The lowest BCUT2D eigenvalue weighted by Gasteiger charge is -2.34. The molecule has 0 fully saturated rings. The molecule has 0 aromatic carbocycles. The highest BCUT2D eigenvalue weighted by molar-refractivity contribution is 5.89. The lowest BCUT2D eigenvalue weighted by molar-refractivity contribution is -0.133. The maximum absolute atomic E-state index is 11.5. The van der Waals surface area contributed by atoms with Gasteiger partial charge in [0.15, 0.2) is 11.6 Å². The minimum absolute atomic E-state index is 0.0846. The SMILES string of the molecule is C=CC(=O)CCC(O)COCC(COCC(O)CCC(=O)C=C)(COCC(O)CNC(=O)C=C)COCC(O)CNC(=O)C=C. The van der Waals surface area contributed by atoms with Crippen molar-refractivity contribution in [3.05, 3.63) is 50.6 Å². The van der Waals surface area contributed by atoms with Crippen LogP contribution < -0.4 is 10.6 Å². The maximum Gasteiger partial charge on any atom is 0.243 e. The van der Waals surface area contributed by atoms with Crippen molar-refractivity contribution in [1.82, 2.24) is 10.6 Å². The zero-order chi connectivity index (χ0) is 34.1. The lowest BCUT2D eigenvalue weighted by Crippen LogP contribution is -2.45. The standard InChI is InChI=1S/C31H50N2O12/c1-5-23(34)9-11-25(36)15-42-19-31(20-43-16-26(37)12-10-24(35)6-2,21-44-17-27(38)13-32-29(40)7-3)22-45-18-28(39)14-33-30(41)8-4/h5-8,25-28,36-39H,1-4,9-22H2,(H,32,40)(H,33,41). The molecule has 0 radical (unpaired) electrons. The van der Waals surface area contributed by atoms with Gasteiger partial charge in [0.25, 0.3) is 0 Å². The van der Waals surface area contributed by atoms with Gasteiger partial charge in [-0.25, -0.2) is 0 Å². The molecule has 2 amide bonds. The summed E-state index contributed by atoms with van der Waals surface area (Å²) in [5.41, 5.74) is -1.11. The maximum atomic E-state index is 11.5. The van der Waals surface area contributed by atoms with Gasteiger partial charge in [0.1, 0.15) is 0 Å². The number of aliphatic hydroxyl groups is 4. The van der Waals surface area contributed by atoms with Crippen molar-refractivity contribution < 1.29 is 58.6 Å². The molecule has 0 saturated heterocycles. The molecule has 0 heterocycles. The Kier molecular flexibility index (Phi) is 23.4. The fourth-order valence-electron chi connectivity index (χ4n) is 3.58. The van der Waals surface area contributed by atoms with Gasteiger partial charge in [-0.3, -0.25) is 19.2 Å². The number of allylic oxidation sites excluding steroid dienone is 2. The number of nitrogens with one attached hydrogen (secondary N) is 2. The Morgan fingerprint density at radius 3 is 1.16 bits per heavy atom. The summed E-state index contributed by atoms with van der Waals surface area (Å²) in [6.07, 6.45) is 0.829. The van der Waals surface area contributed by atoms with Crippen LogP contribution in [0.5, 0.6) is 0 Å². The highest BCUT2D eigenvalue weighted by Crippen LogP contribution is 2.22. The Morgan fingerprint density at radius 2 is 0.867 bits per heavy atom. The van der Waals surface area contributed by atoms with Crippen molar-refractivity contribution in [1.29, 1.82) is 0 Å². The van der Waals surface area contributed by atoms with E-state index in [9.17, 15) is 39.6 Å². The van der Waals surface area contributed by atoms with Gasteiger partial charge in [0, 0.05) is 25.9 Å². The second-order valence-electron chi connectivity index (χ2n) is 10.5. The van der Waals surface area contributed by atoms with Gasteiger partial charge in [-0.15, -0.1) is 0 Å². The molecular weight excluding hydrogens is 592 g/mol. The monoisotopic (exact) mass is 642 g/mol. The average Bonchev–Trinajstić information content (AvgIpc) is 3.03. The van der Waals surface area contributed by atoms with E-state index in [0.717, 1.165) is 12.2 Å². The predicted molar refractivity (Wildman–Crippen MR) is 165 cm³/mol. The summed E-state index contributed by atoms with van der Waals surface area (Å²) in [7, 11) is 0. The van der Waals surface area contributed by atoms with E-state index in [1.807, 2.05) is 0 Å². The summed E-state index contributed by atoms with van der Waals surface area (Å²) in [4.78, 5) is 45.8. The number of carbonyl (C=O) groups is 4. The van der Waals surface area contributed by atoms with Crippen molar-refractivity contribution in [2.75, 3.05) is 65.9 Å². The molecule has 0 aliphatic heterocycles. The zero-order valence-corrected chi connectivity index (χ0v) is 25.9. The number of amides is 2. The number of ketones is 2. The topological polar surface area (TPSA) is 210 Å². The number of carbonyl (C=O) groups excluding carboxylic acids is 4. The third-order valence-corrected chi connectivity index (χ3v) is 6.17. The number of ether oxygens (including phenoxy) is 4. The molecule has 4 unspecified atom stereocenters. The first-order chi connectivity index (χ1) is 21.4. The van der Waals surface area contributed by atoms with Crippen molar-refractivity contribution in [3.8, 4) is 0 Å². The van der Waals surface area contributed by atoms with Crippen LogP contribution in [-0.4, -0.2) is 134 Å². The number of aliphatic hydroxyl groups excluding tert-OH is 4. The second-order valence-corrected chi connectivity index (χ2v) is 10.5. The molecule has 0 aliphatic carbocycles. The van der Waals surface area contributed by atoms with Gasteiger partial charge in [0.05, 0.1) is 82.7 Å². The molecule has 0 spiro atoms. The van der Waals surface area contributed by atoms with Gasteiger partial charge < -0.3 is 50.0 Å². The Bertz CT molecular complexity index is 792. The Morgan fingerprint density at radius 1 is 0.556 bits per heavy atom. The molecule has 0 aliphatic rings. The summed E-state index contributed by atoms with van der Waals surface area (Å²) in [6, 6.07) is 0. The molecule has 0 bridgehead atoms. The van der Waals surface area contributed by atoms with E-state index >= 15 is 0 Å². The minimum atomic E-state index is -1.11. The fourth-order valence-corrected chi connectivity index (χ4v) is 3.58. The molecule has 0 saturated carbocycles. The Hall–Kier alpha value is -3.08. The Balaban J connectivity index is 5.59. The Labute approximate surface area is 264 Å². The van der Waals surface area contributed by atoms with Gasteiger partial charge in [0.2, 0.25) is 11.8 Å². The quantitative estimate of drug-likeness (QED) is 0.0530. The zero-order valence-electron chi connectivity index (χ0n) is 25.9. The lowest BCUT2D eigenvalue weighted by atomic mass is 9.92. The predicted octanol–water partition coefficient (Wildman–Crippen LogP) is -0.842. The van der Waals surface area contributed by atoms with Crippen LogP contribution in [0.4, 0.5) is 0 Å². The summed E-state index contributed by atoms with van der Waals surface area (Å²) in [5.74, 6) is -1.39. The first-order valence-corrected chi connectivity index (χ1v) is 14.5. The van der Waals surface area contributed by atoms with Crippen LogP contribution in [0, 0.1) is 5.41 Å². The fraction of sp³-hybridized carbons (Fsp3) is 0.613. The van der Waals surface area contributed by atoms with Crippen LogP contribution in [-0.2, 0) is 38.1 Å². The number of hydrogen-bond acceptors (Lipinski definition) is 12. The van der Waals surface area contributed by atoms with E-state index in [4.69, 9.17) is 18.9 Å². The van der Waals surface area contributed by atoms with E-state index in [1.165, 1.54) is 12.2 Å². The van der Waals surface area contributed by atoms with Crippen LogP contribution in [0.2, 0.25) is 0 Å². The highest BCUT2D eigenvalue weighted by atomic mass is 16.5. The van der Waals surface area contributed by atoms with E-state index in [2.05, 4.69) is 36.9 Å². The summed E-state index contributed by atoms with van der Waals surface area (Å²) in [5, 5.41) is 45.9. The van der Waals surface area contributed by atoms with Gasteiger partial charge in [-0.05, 0) is 37.1 Å². The first-order valence-electron chi connectivity index (χ1n) is 14.5. The van der Waals surface area contributed by atoms with Crippen molar-refractivity contribution in [2.24, 2.45) is 5.41 Å². The minimum Gasteiger partial charge on any atom is -0.391 e. The van der Waals surface area contributed by atoms with Gasteiger partial charge in [-0.2, -0.15) is 0 Å². The smallest absolute Gasteiger partial charge is 0.243 e. The summed E-state index contributed by atoms with van der Waals surface area (Å²) in [6.45, 7) is 12.1. The molecule has 256 valence electrons. The third-order valence-electron chi connectivity index (χ3n) is 6.17. The van der Waals surface area contributed by atoms with E-state index in [0.29, 0.717) is 0 Å². The van der Waals surface area contributed by atoms with Crippen molar-refractivity contribution >= 4 is 23.4 Å². The molecule has 0 rings (SSSR count). The molecule has 0 aromatic rings. The molecule has 6 N–H and O–H groups in total. The van der Waals surface area contributed by atoms with Gasteiger partial charge in [-0.1, -0.05) is 26.3 Å². The molecular formula is C31H50N2O12. The normalized spacial score (nSPS) is 15.0. The largest absolute Gasteiger partial charge is 0.391 e. The van der Waals surface area contributed by atoms with E-state index < -0.39 is 41.6 Å². The van der Waals surface area contributed by atoms with Crippen LogP contribution in [0.15, 0.2) is 50.6 Å². The van der Waals surface area contributed by atoms with Crippen LogP contribution in [0.1, 0.15) is 25.7 Å². The van der Waals surface area contributed by atoms with E-state index in [1.54, 1.807) is 0 Å². The average molecular weight is 643 g/mol. The van der Waals surface area contributed by atoms with E-state index in [-0.39, 0.29) is 103 Å². The second kappa shape index (κ2) is 25.2. The first kappa shape index (κ1) is 41.9. The highest BCUT2D eigenvalue weighted by Gasteiger charge is 2.34. The summed E-state index contributed by atoms with van der Waals surface area (Å²) >= 11 is 0. The molecule has 4 atom stereocenters. The number of hydrogen-bond donors (Lipinski definition) is 6. The molecule has 14 heteroatoms. The van der Waals surface area contributed by atoms with Crippen LogP contribution in [0.3, 0.4) is 0 Å². The molecule has 14 nitrogen and oxygen atoms in total. The number of rotatable bonds is 30. The molecule has 0 aromatic heterocycles. The van der Waals surface area contributed by atoms with Crippen molar-refractivity contribution in [2.45, 2.75) is 50.1 Å². The summed E-state index contributed by atoms with van der Waals surface area (Å²) < 4.78 is 23.0. The molecule has 45 heavy (non-hydrogen) atoms.